The van der Waals surface area contributed by atoms with Crippen molar-refractivity contribution >= 4 is 26.9 Å². The number of non-ortho nitro benzene ring substituents is 1. The summed E-state index contributed by atoms with van der Waals surface area (Å²) in [5, 5.41) is 22.4. The largest absolute Gasteiger partial charge is 0.384 e. The normalized spacial score (nSPS) is 19.7. The fourth-order valence-electron chi connectivity index (χ4n) is 4.08. The molecule has 1 heterocycles. The molecule has 0 aliphatic carbocycles. The van der Waals surface area contributed by atoms with Gasteiger partial charge < -0.3 is 5.11 Å². The van der Waals surface area contributed by atoms with Gasteiger partial charge in [-0.05, 0) is 41.3 Å². The van der Waals surface area contributed by atoms with Crippen molar-refractivity contribution in [1.82, 2.24) is 4.31 Å². The van der Waals surface area contributed by atoms with Gasteiger partial charge >= 0.3 is 0 Å². The van der Waals surface area contributed by atoms with Crippen LogP contribution in [0.5, 0.6) is 0 Å². The monoisotopic (exact) mass is 450 g/mol. The third kappa shape index (κ3) is 4.08. The Hall–Kier alpha value is -3.33. The van der Waals surface area contributed by atoms with Crippen molar-refractivity contribution in [3.05, 3.63) is 106 Å². The van der Waals surface area contributed by atoms with Crippen molar-refractivity contribution in [1.29, 1.82) is 0 Å². The van der Waals surface area contributed by atoms with Gasteiger partial charge in [-0.2, -0.15) is 4.31 Å². The highest BCUT2D eigenvalue weighted by Gasteiger charge is 2.41. The molecule has 0 unspecified atom stereocenters. The van der Waals surface area contributed by atoms with Gasteiger partial charge in [0.1, 0.15) is 5.60 Å². The van der Waals surface area contributed by atoms with E-state index in [4.69, 9.17) is 0 Å². The molecule has 0 spiro atoms. The summed E-state index contributed by atoms with van der Waals surface area (Å²) >= 11 is 0. The van der Waals surface area contributed by atoms with Crippen LogP contribution in [0.2, 0.25) is 0 Å². The van der Waals surface area contributed by atoms with Gasteiger partial charge in [0.25, 0.3) is 5.69 Å². The number of rotatable bonds is 5. The Morgan fingerprint density at radius 2 is 1.44 bits per heavy atom. The van der Waals surface area contributed by atoms with Gasteiger partial charge in [0, 0.05) is 25.2 Å². The van der Waals surface area contributed by atoms with Crippen LogP contribution >= 0.6 is 0 Å². The molecule has 1 atom stereocenters. The van der Waals surface area contributed by atoms with Gasteiger partial charge in [0.05, 0.1) is 9.82 Å². The Labute approximate surface area is 186 Å². The van der Waals surface area contributed by atoms with E-state index in [1.807, 2.05) is 60.7 Å². The molecule has 1 aliphatic heterocycles. The molecule has 0 amide bonds. The van der Waals surface area contributed by atoms with Crippen LogP contribution in [0, 0.1) is 10.1 Å². The van der Waals surface area contributed by atoms with E-state index in [-0.39, 0.29) is 23.7 Å². The standard InChI is InChI=1S/C24H22N2O5S/c1-24(27)17-25(32(30,31)21-14-12-20(13-15-21)26(28)29)16-22(18-8-4-2-5-9-18)23(24)19-10-6-3-7-11-19/h2-15,27H,16-17H2,1H3/t24-/m0/s1. The molecule has 0 aromatic heterocycles. The topological polar surface area (TPSA) is 101 Å². The molecular formula is C24H22N2O5S. The predicted octanol–water partition coefficient (Wildman–Crippen LogP) is 3.96. The highest BCUT2D eigenvalue weighted by Crippen LogP contribution is 2.41. The number of nitrogens with zero attached hydrogens (tertiary/aromatic N) is 2. The van der Waals surface area contributed by atoms with E-state index in [0.29, 0.717) is 11.1 Å². The zero-order chi connectivity index (χ0) is 22.9. The molecule has 164 valence electrons. The van der Waals surface area contributed by atoms with Gasteiger partial charge in [-0.3, -0.25) is 10.1 Å². The van der Waals surface area contributed by atoms with E-state index in [1.54, 1.807) is 6.92 Å². The minimum absolute atomic E-state index is 0.0592. The van der Waals surface area contributed by atoms with Crippen molar-refractivity contribution in [2.45, 2.75) is 17.4 Å². The summed E-state index contributed by atoms with van der Waals surface area (Å²) in [6.45, 7) is 1.52. The molecule has 7 nitrogen and oxygen atoms in total. The summed E-state index contributed by atoms with van der Waals surface area (Å²) in [7, 11) is -4.01. The first-order valence-electron chi connectivity index (χ1n) is 10.0. The lowest BCUT2D eigenvalue weighted by Gasteiger charge is -2.40. The Morgan fingerprint density at radius 3 is 1.97 bits per heavy atom. The first-order valence-corrected chi connectivity index (χ1v) is 11.5. The maximum Gasteiger partial charge on any atom is 0.269 e. The number of nitro groups is 1. The molecule has 1 N–H and O–H groups in total. The van der Waals surface area contributed by atoms with Crippen LogP contribution in [-0.2, 0) is 10.0 Å². The summed E-state index contributed by atoms with van der Waals surface area (Å²) in [5.41, 5.74) is 1.38. The zero-order valence-corrected chi connectivity index (χ0v) is 18.2. The maximum absolute atomic E-state index is 13.4. The molecule has 3 aromatic carbocycles. The van der Waals surface area contributed by atoms with Crippen LogP contribution in [0.1, 0.15) is 18.1 Å². The molecule has 4 rings (SSSR count). The zero-order valence-electron chi connectivity index (χ0n) is 17.4. The average Bonchev–Trinajstić information content (AvgIpc) is 2.79. The van der Waals surface area contributed by atoms with Gasteiger partial charge in [-0.15, -0.1) is 0 Å². The van der Waals surface area contributed by atoms with Gasteiger partial charge in [-0.25, -0.2) is 8.42 Å². The summed E-state index contributed by atoms with van der Waals surface area (Å²) in [6.07, 6.45) is 0. The average molecular weight is 451 g/mol. The third-order valence-corrected chi connectivity index (χ3v) is 7.34. The van der Waals surface area contributed by atoms with E-state index < -0.39 is 20.5 Å². The lowest BCUT2D eigenvalue weighted by Crippen LogP contribution is -2.49. The van der Waals surface area contributed by atoms with E-state index >= 15 is 0 Å². The van der Waals surface area contributed by atoms with Gasteiger partial charge in [0.15, 0.2) is 0 Å². The number of hydrogen-bond donors (Lipinski definition) is 1. The molecule has 0 radical (unpaired) electrons. The number of hydrogen-bond acceptors (Lipinski definition) is 5. The molecule has 0 fully saturated rings. The SMILES string of the molecule is C[C@]1(O)CN(S(=O)(=O)c2ccc([N+](=O)[O-])cc2)CC(c2ccccc2)=C1c1ccccc1. The third-order valence-electron chi connectivity index (χ3n) is 5.53. The highest BCUT2D eigenvalue weighted by molar-refractivity contribution is 7.89. The van der Waals surface area contributed by atoms with E-state index in [1.165, 1.54) is 16.4 Å². The Morgan fingerprint density at radius 1 is 0.906 bits per heavy atom. The lowest BCUT2D eigenvalue weighted by molar-refractivity contribution is -0.384. The fourth-order valence-corrected chi connectivity index (χ4v) is 5.58. The fraction of sp³-hybridized carbons (Fsp3) is 0.167. The molecular weight excluding hydrogens is 428 g/mol. The van der Waals surface area contributed by atoms with Gasteiger partial charge in [0.2, 0.25) is 10.0 Å². The smallest absolute Gasteiger partial charge is 0.269 e. The second kappa shape index (κ2) is 8.31. The Balaban J connectivity index is 1.83. The quantitative estimate of drug-likeness (QED) is 0.468. The van der Waals surface area contributed by atoms with Crippen molar-refractivity contribution in [3.8, 4) is 0 Å². The second-order valence-corrected chi connectivity index (χ2v) is 9.82. The van der Waals surface area contributed by atoms with Crippen LogP contribution in [0.4, 0.5) is 5.69 Å². The van der Waals surface area contributed by atoms with E-state index in [9.17, 15) is 23.6 Å². The van der Waals surface area contributed by atoms with Crippen LogP contribution < -0.4 is 0 Å². The minimum atomic E-state index is -4.01. The summed E-state index contributed by atoms with van der Waals surface area (Å²) in [4.78, 5) is 10.3. The Bertz CT molecular complexity index is 1270. The number of aliphatic hydroxyl groups is 1. The van der Waals surface area contributed by atoms with Crippen molar-refractivity contribution < 1.29 is 18.4 Å². The summed E-state index contributed by atoms with van der Waals surface area (Å²) in [6, 6.07) is 23.6. The molecule has 3 aromatic rings. The Kier molecular flexibility index (Phi) is 5.68. The lowest BCUT2D eigenvalue weighted by atomic mass is 9.81. The molecule has 1 aliphatic rings. The maximum atomic E-state index is 13.4. The highest BCUT2D eigenvalue weighted by atomic mass is 32.2. The molecule has 0 saturated heterocycles. The van der Waals surface area contributed by atoms with Crippen LogP contribution in [0.3, 0.4) is 0 Å². The van der Waals surface area contributed by atoms with Crippen molar-refractivity contribution in [2.24, 2.45) is 0 Å². The van der Waals surface area contributed by atoms with E-state index in [0.717, 1.165) is 23.3 Å². The number of benzene rings is 3. The predicted molar refractivity (Wildman–Crippen MR) is 122 cm³/mol. The summed E-state index contributed by atoms with van der Waals surface area (Å²) in [5.74, 6) is 0. The first-order chi connectivity index (χ1) is 15.2. The van der Waals surface area contributed by atoms with E-state index in [2.05, 4.69) is 0 Å². The molecule has 0 bridgehead atoms. The molecule has 32 heavy (non-hydrogen) atoms. The van der Waals surface area contributed by atoms with Crippen LogP contribution in [0.25, 0.3) is 11.1 Å². The molecule has 0 saturated carbocycles. The number of sulfonamides is 1. The number of nitro benzene ring substituents is 1. The van der Waals surface area contributed by atoms with Crippen molar-refractivity contribution in [2.75, 3.05) is 13.1 Å². The summed E-state index contributed by atoms with van der Waals surface area (Å²) < 4.78 is 28.0. The van der Waals surface area contributed by atoms with Crippen molar-refractivity contribution in [3.63, 3.8) is 0 Å². The molecule has 8 heteroatoms. The van der Waals surface area contributed by atoms with Crippen LogP contribution in [0.15, 0.2) is 89.8 Å². The van der Waals surface area contributed by atoms with Gasteiger partial charge in [-0.1, -0.05) is 60.7 Å². The first kappa shape index (κ1) is 21.9. The van der Waals surface area contributed by atoms with Crippen LogP contribution in [-0.4, -0.2) is 41.4 Å². The minimum Gasteiger partial charge on any atom is -0.384 e. The number of β-amino-alcohol motifs (C(OH)–C–C–N with tert-alkyl or cyclic N) is 1. The second-order valence-electron chi connectivity index (χ2n) is 7.88.